The number of alkyl halides is 8. The highest BCUT2D eigenvalue weighted by molar-refractivity contribution is 5.25. The summed E-state index contributed by atoms with van der Waals surface area (Å²) in [5.74, 6) is -0.506. The number of hydrogen-bond donors (Lipinski definition) is 0. The highest BCUT2D eigenvalue weighted by Gasteiger charge is 2.48. The molecule has 0 radical (unpaired) electrons. The minimum atomic E-state index is -5.49. The predicted molar refractivity (Wildman–Crippen MR) is 99.7 cm³/mol. The van der Waals surface area contributed by atoms with Crippen LogP contribution in [0.5, 0.6) is 0 Å². The summed E-state index contributed by atoms with van der Waals surface area (Å²) < 4.78 is 115. The lowest BCUT2D eigenvalue weighted by Crippen LogP contribution is -2.34. The first-order valence-corrected chi connectivity index (χ1v) is 10.1. The predicted octanol–water partition coefficient (Wildman–Crippen LogP) is 7.34. The minimum Gasteiger partial charge on any atom is -0.313 e. The molecule has 10 heteroatoms. The first kappa shape index (κ1) is 24.7. The highest BCUT2D eigenvalue weighted by Crippen LogP contribution is 2.43. The van der Waals surface area contributed by atoms with E-state index in [2.05, 4.69) is 4.74 Å². The Morgan fingerprint density at radius 2 is 1.53 bits per heavy atom. The summed E-state index contributed by atoms with van der Waals surface area (Å²) in [7, 11) is 0. The lowest BCUT2D eigenvalue weighted by atomic mass is 9.78. The zero-order valence-corrected chi connectivity index (χ0v) is 17.1. The van der Waals surface area contributed by atoms with Gasteiger partial charge in [0, 0.05) is 12.0 Å². The maximum absolute atomic E-state index is 14.7. The van der Waals surface area contributed by atoms with Gasteiger partial charge in [-0.15, -0.1) is 13.2 Å². The molecule has 2 unspecified atom stereocenters. The van der Waals surface area contributed by atoms with Gasteiger partial charge in [-0.2, -0.15) is 17.6 Å². The van der Waals surface area contributed by atoms with E-state index in [1.54, 1.807) is 6.92 Å². The Morgan fingerprint density at radius 3 is 2.06 bits per heavy atom. The van der Waals surface area contributed by atoms with Gasteiger partial charge in [0.2, 0.25) is 0 Å². The lowest BCUT2D eigenvalue weighted by molar-refractivity contribution is -0.413. The van der Waals surface area contributed by atoms with E-state index in [1.165, 1.54) is 30.3 Å². The van der Waals surface area contributed by atoms with Gasteiger partial charge in [0.1, 0.15) is 6.17 Å². The monoisotopic (exact) mass is 470 g/mol. The van der Waals surface area contributed by atoms with E-state index < -0.39 is 48.8 Å². The van der Waals surface area contributed by atoms with Crippen molar-refractivity contribution in [3.8, 4) is 0 Å². The summed E-state index contributed by atoms with van der Waals surface area (Å²) in [5, 5.41) is 0. The maximum Gasteiger partial charge on any atom is 0.527 e. The van der Waals surface area contributed by atoms with Gasteiger partial charge >= 0.3 is 18.6 Å². The fourth-order valence-electron chi connectivity index (χ4n) is 4.01. The molecule has 0 fully saturated rings. The quantitative estimate of drug-likeness (QED) is 0.320. The van der Waals surface area contributed by atoms with E-state index in [0.717, 1.165) is 11.6 Å². The maximum atomic E-state index is 14.7. The summed E-state index contributed by atoms with van der Waals surface area (Å²) in [6.07, 6.45) is -14.7. The number of benzene rings is 1. The first-order chi connectivity index (χ1) is 14.8. The van der Waals surface area contributed by atoms with Crippen molar-refractivity contribution in [1.82, 2.24) is 0 Å². The minimum absolute atomic E-state index is 0.0000558. The van der Waals surface area contributed by atoms with Crippen molar-refractivity contribution in [2.24, 2.45) is 5.92 Å². The van der Waals surface area contributed by atoms with Crippen LogP contribution in [0, 0.1) is 12.8 Å². The summed E-state index contributed by atoms with van der Waals surface area (Å²) in [4.78, 5) is 0. The number of rotatable bonds is 6. The highest BCUT2D eigenvalue weighted by atomic mass is 19.4. The molecule has 32 heavy (non-hydrogen) atoms. The second kappa shape index (κ2) is 9.13. The van der Waals surface area contributed by atoms with E-state index in [9.17, 15) is 35.1 Å². The van der Waals surface area contributed by atoms with Crippen molar-refractivity contribution in [3.63, 3.8) is 0 Å². The molecule has 2 aliphatic carbocycles. The smallest absolute Gasteiger partial charge is 0.313 e. The van der Waals surface area contributed by atoms with E-state index in [-0.39, 0.29) is 36.8 Å². The normalized spacial score (nSPS) is 25.3. The molecule has 0 aliphatic heterocycles. The Morgan fingerprint density at radius 1 is 0.875 bits per heavy atom. The summed E-state index contributed by atoms with van der Waals surface area (Å²) >= 11 is 0. The third-order valence-corrected chi connectivity index (χ3v) is 5.65. The number of ether oxygens (including phenoxy) is 2. The second-order valence-electron chi connectivity index (χ2n) is 8.03. The molecule has 0 saturated carbocycles. The van der Waals surface area contributed by atoms with Crippen molar-refractivity contribution in [2.45, 2.75) is 69.9 Å². The Kier molecular flexibility index (Phi) is 7.05. The third-order valence-electron chi connectivity index (χ3n) is 5.65. The zero-order chi connectivity index (χ0) is 23.7. The van der Waals surface area contributed by atoms with Gasteiger partial charge in [-0.25, -0.2) is 9.13 Å². The van der Waals surface area contributed by atoms with Crippen molar-refractivity contribution >= 4 is 0 Å². The van der Waals surface area contributed by atoms with Gasteiger partial charge in [0.05, 0.1) is 11.7 Å². The van der Waals surface area contributed by atoms with Gasteiger partial charge in [0.15, 0.2) is 0 Å². The molecule has 0 bridgehead atoms. The molecule has 3 atom stereocenters. The number of halogens is 8. The van der Waals surface area contributed by atoms with Crippen LogP contribution in [0.15, 0.2) is 47.6 Å². The molecule has 178 valence electrons. The van der Waals surface area contributed by atoms with Crippen LogP contribution < -0.4 is 0 Å². The molecule has 2 aliphatic rings. The molecular weight excluding hydrogens is 448 g/mol. The first-order valence-electron chi connectivity index (χ1n) is 10.1. The van der Waals surface area contributed by atoms with E-state index in [1.807, 2.05) is 0 Å². The van der Waals surface area contributed by atoms with Crippen LogP contribution >= 0.6 is 0 Å². The molecule has 0 spiro atoms. The Balaban J connectivity index is 1.62. The van der Waals surface area contributed by atoms with E-state index in [4.69, 9.17) is 4.74 Å². The van der Waals surface area contributed by atoms with E-state index >= 15 is 0 Å². The summed E-state index contributed by atoms with van der Waals surface area (Å²) in [6, 6.07) is 5.49. The molecule has 0 amide bonds. The van der Waals surface area contributed by atoms with Crippen LogP contribution in [0.2, 0.25) is 0 Å². The zero-order valence-electron chi connectivity index (χ0n) is 17.1. The molecule has 1 aromatic rings. The van der Waals surface area contributed by atoms with Gasteiger partial charge in [-0.1, -0.05) is 42.0 Å². The molecule has 3 rings (SSSR count). The van der Waals surface area contributed by atoms with Gasteiger partial charge in [-0.3, -0.25) is 0 Å². The van der Waals surface area contributed by atoms with Gasteiger partial charge in [-0.05, 0) is 44.1 Å². The topological polar surface area (TPSA) is 18.5 Å². The Hall–Kier alpha value is -1.94. The van der Waals surface area contributed by atoms with Crippen LogP contribution in [-0.2, 0) is 15.6 Å². The molecular formula is C22H22F8O2. The summed E-state index contributed by atoms with van der Waals surface area (Å²) in [6.45, 7) is 1.75. The number of allylic oxidation sites excluding steroid dienone is 2. The molecule has 1 aromatic carbocycles. The van der Waals surface area contributed by atoms with Crippen molar-refractivity contribution in [3.05, 3.63) is 58.7 Å². The lowest BCUT2D eigenvalue weighted by Gasteiger charge is -2.34. The van der Waals surface area contributed by atoms with Crippen molar-refractivity contribution in [2.75, 3.05) is 0 Å². The van der Waals surface area contributed by atoms with Crippen LogP contribution in [0.3, 0.4) is 0 Å². The average Bonchev–Trinajstić information content (AvgIpc) is 2.66. The molecule has 0 saturated heterocycles. The third kappa shape index (κ3) is 6.10. The fraction of sp³-hybridized carbons (Fsp3) is 0.545. The largest absolute Gasteiger partial charge is 0.527 e. The average molecular weight is 470 g/mol. The molecule has 2 nitrogen and oxygen atoms in total. The molecule has 0 heterocycles. The number of aryl methyl sites for hydroxylation is 1. The summed E-state index contributed by atoms with van der Waals surface area (Å²) in [5.41, 5.74) is -0.0815. The molecule has 0 aromatic heterocycles. The molecule has 0 N–H and O–H groups in total. The number of hydrogen-bond acceptors (Lipinski definition) is 2. The standard InChI is InChI=1S/C22H22F8O2/c1-13-2-6-15(7-3-13)20(24,25)31-17-10-11-18(19(23)12-17)14-4-8-16(9-5-14)21(26,27)32-22(28,29)30/h2-3,6-8,11,14,17,19H,4-5,9-10,12H2,1H3/t14-,17?,19?/m1/s1. The van der Waals surface area contributed by atoms with Gasteiger partial charge in [0.25, 0.3) is 0 Å². The van der Waals surface area contributed by atoms with Crippen LogP contribution in [0.4, 0.5) is 35.1 Å². The van der Waals surface area contributed by atoms with Crippen molar-refractivity contribution < 1.29 is 44.6 Å². The van der Waals surface area contributed by atoms with Crippen LogP contribution in [0.25, 0.3) is 0 Å². The van der Waals surface area contributed by atoms with Crippen LogP contribution in [0.1, 0.15) is 43.2 Å². The second-order valence-corrected chi connectivity index (χ2v) is 8.03. The SMILES string of the molecule is Cc1ccc(C(F)(F)OC2CC=C([C@@H]3CC=C(C(F)(F)OC(F)(F)F)CC3)C(F)C2)cc1. The van der Waals surface area contributed by atoms with Crippen LogP contribution in [-0.4, -0.2) is 24.7 Å². The Labute approximate surface area is 179 Å². The van der Waals surface area contributed by atoms with Gasteiger partial charge < -0.3 is 4.74 Å². The van der Waals surface area contributed by atoms with Crippen molar-refractivity contribution in [1.29, 1.82) is 0 Å². The van der Waals surface area contributed by atoms with E-state index in [0.29, 0.717) is 0 Å². The fourth-order valence-corrected chi connectivity index (χ4v) is 4.01. The Bertz CT molecular complexity index is 858.